The van der Waals surface area contributed by atoms with Gasteiger partial charge in [-0.15, -0.1) is 11.3 Å². The van der Waals surface area contributed by atoms with Gasteiger partial charge in [-0.3, -0.25) is 19.6 Å². The maximum Gasteiger partial charge on any atom is 0.262 e. The molecule has 0 spiro atoms. The van der Waals surface area contributed by atoms with Crippen LogP contribution in [0, 0.1) is 19.8 Å². The SMILES string of the molecule is Cc1ccc(NC(=O)[C@H](CC2CCCC2)NC(=O)c2ccc([C@H](C)Nc3cc(Cl)cnc3C)s2)cn1. The van der Waals surface area contributed by atoms with Gasteiger partial charge >= 0.3 is 0 Å². The van der Waals surface area contributed by atoms with Gasteiger partial charge < -0.3 is 16.0 Å². The lowest BCUT2D eigenvalue weighted by atomic mass is 9.97. The molecule has 0 saturated heterocycles. The van der Waals surface area contributed by atoms with E-state index in [0.717, 1.165) is 34.8 Å². The fraction of sp³-hybridized carbons (Fsp3) is 0.407. The number of amides is 2. The number of aryl methyl sites for hydroxylation is 2. The van der Waals surface area contributed by atoms with Crippen molar-refractivity contribution in [3.05, 3.63) is 68.9 Å². The number of thiophene rings is 1. The van der Waals surface area contributed by atoms with Crippen molar-refractivity contribution in [2.24, 2.45) is 5.92 Å². The van der Waals surface area contributed by atoms with Crippen molar-refractivity contribution in [2.45, 2.75) is 65.0 Å². The first-order valence-corrected chi connectivity index (χ1v) is 13.5. The van der Waals surface area contributed by atoms with E-state index in [4.69, 9.17) is 11.6 Å². The van der Waals surface area contributed by atoms with Crippen LogP contribution in [0.5, 0.6) is 0 Å². The second-order valence-electron chi connectivity index (χ2n) is 9.44. The van der Waals surface area contributed by atoms with Gasteiger partial charge in [0.25, 0.3) is 5.91 Å². The predicted molar refractivity (Wildman–Crippen MR) is 146 cm³/mol. The molecule has 9 heteroatoms. The zero-order chi connectivity index (χ0) is 25.7. The molecule has 3 heterocycles. The minimum Gasteiger partial charge on any atom is -0.376 e. The van der Waals surface area contributed by atoms with Crippen LogP contribution in [0.3, 0.4) is 0 Å². The number of carbonyl (C=O) groups excluding carboxylic acids is 2. The van der Waals surface area contributed by atoms with E-state index in [2.05, 4.69) is 25.9 Å². The number of anilines is 2. The predicted octanol–water partition coefficient (Wildman–Crippen LogP) is 6.30. The summed E-state index contributed by atoms with van der Waals surface area (Å²) in [5.41, 5.74) is 3.21. The van der Waals surface area contributed by atoms with E-state index in [1.165, 1.54) is 24.2 Å². The van der Waals surface area contributed by atoms with Gasteiger partial charge in [-0.1, -0.05) is 37.3 Å². The van der Waals surface area contributed by atoms with Crippen LogP contribution < -0.4 is 16.0 Å². The highest BCUT2D eigenvalue weighted by Crippen LogP contribution is 2.30. The van der Waals surface area contributed by atoms with Gasteiger partial charge in [-0.25, -0.2) is 0 Å². The molecular formula is C27H32ClN5O2S. The molecule has 2 amide bonds. The summed E-state index contributed by atoms with van der Waals surface area (Å²) in [5, 5.41) is 9.91. The minimum atomic E-state index is -0.608. The maximum atomic E-state index is 13.2. The fourth-order valence-electron chi connectivity index (χ4n) is 4.48. The second kappa shape index (κ2) is 11.8. The maximum absolute atomic E-state index is 13.2. The van der Waals surface area contributed by atoms with Crippen molar-refractivity contribution in [1.82, 2.24) is 15.3 Å². The lowest BCUT2D eigenvalue weighted by Crippen LogP contribution is -2.44. The highest BCUT2D eigenvalue weighted by atomic mass is 35.5. The first kappa shape index (κ1) is 26.1. The number of hydrogen-bond acceptors (Lipinski definition) is 6. The first-order chi connectivity index (χ1) is 17.3. The third-order valence-electron chi connectivity index (χ3n) is 6.55. The Morgan fingerprint density at radius 2 is 1.89 bits per heavy atom. The summed E-state index contributed by atoms with van der Waals surface area (Å²) in [6.07, 6.45) is 8.43. The summed E-state index contributed by atoms with van der Waals surface area (Å²) < 4.78 is 0. The van der Waals surface area contributed by atoms with E-state index in [0.29, 0.717) is 27.9 Å². The average molecular weight is 526 g/mol. The van der Waals surface area contributed by atoms with Gasteiger partial charge in [0.05, 0.1) is 39.2 Å². The third-order valence-corrected chi connectivity index (χ3v) is 8.02. The van der Waals surface area contributed by atoms with Crippen molar-refractivity contribution in [1.29, 1.82) is 0 Å². The normalized spacial score (nSPS) is 15.3. The Morgan fingerprint density at radius 1 is 1.11 bits per heavy atom. The summed E-state index contributed by atoms with van der Waals surface area (Å²) in [6.45, 7) is 5.84. The van der Waals surface area contributed by atoms with E-state index in [-0.39, 0.29) is 17.9 Å². The fourth-order valence-corrected chi connectivity index (χ4v) is 5.55. The molecule has 1 aliphatic carbocycles. The Bertz CT molecular complexity index is 1210. The Kier molecular flexibility index (Phi) is 8.59. The van der Waals surface area contributed by atoms with Crippen molar-refractivity contribution in [2.75, 3.05) is 10.6 Å². The number of halogens is 1. The van der Waals surface area contributed by atoms with Crippen molar-refractivity contribution < 1.29 is 9.59 Å². The largest absolute Gasteiger partial charge is 0.376 e. The summed E-state index contributed by atoms with van der Waals surface area (Å²) in [7, 11) is 0. The number of rotatable bonds is 9. The molecule has 0 radical (unpaired) electrons. The molecule has 0 aliphatic heterocycles. The molecule has 3 aromatic heterocycles. The third kappa shape index (κ3) is 6.83. The molecular weight excluding hydrogens is 494 g/mol. The first-order valence-electron chi connectivity index (χ1n) is 12.3. The zero-order valence-electron chi connectivity index (χ0n) is 20.8. The summed E-state index contributed by atoms with van der Waals surface area (Å²) >= 11 is 7.51. The molecule has 2 atom stereocenters. The van der Waals surface area contributed by atoms with Crippen LogP contribution in [-0.2, 0) is 4.79 Å². The number of carbonyl (C=O) groups is 2. The highest BCUT2D eigenvalue weighted by molar-refractivity contribution is 7.14. The molecule has 36 heavy (non-hydrogen) atoms. The highest BCUT2D eigenvalue weighted by Gasteiger charge is 2.28. The molecule has 190 valence electrons. The Balaban J connectivity index is 1.43. The quantitative estimate of drug-likeness (QED) is 0.304. The van der Waals surface area contributed by atoms with Gasteiger partial charge in [-0.05, 0) is 63.4 Å². The van der Waals surface area contributed by atoms with Gasteiger partial charge in [0, 0.05) is 16.8 Å². The standard InChI is InChI=1S/C27H32ClN5O2S/c1-16-8-9-21(15-29-16)32-26(34)23(12-19-6-4-5-7-19)33-27(35)25-11-10-24(36-25)18(3)31-22-13-20(28)14-30-17(22)2/h8-11,13-15,18-19,23,31H,4-7,12H2,1-3H3,(H,32,34)(H,33,35)/t18-,23-/m0/s1. The molecule has 0 bridgehead atoms. The molecule has 0 aromatic carbocycles. The van der Waals surface area contributed by atoms with Crippen LogP contribution in [-0.4, -0.2) is 27.8 Å². The Hall–Kier alpha value is -2.97. The molecule has 4 rings (SSSR count). The van der Waals surface area contributed by atoms with Gasteiger partial charge in [0.1, 0.15) is 6.04 Å². The molecule has 3 aromatic rings. The topological polar surface area (TPSA) is 96.0 Å². The van der Waals surface area contributed by atoms with Crippen LogP contribution in [0.1, 0.15) is 71.0 Å². The lowest BCUT2D eigenvalue weighted by Gasteiger charge is -2.21. The number of nitrogens with zero attached hydrogens (tertiary/aromatic N) is 2. The van der Waals surface area contributed by atoms with Gasteiger partial charge in [0.2, 0.25) is 5.91 Å². The number of hydrogen-bond donors (Lipinski definition) is 3. The van der Waals surface area contributed by atoms with Crippen LogP contribution in [0.25, 0.3) is 0 Å². The second-order valence-corrected chi connectivity index (χ2v) is 11.0. The average Bonchev–Trinajstić information content (AvgIpc) is 3.55. The van der Waals surface area contributed by atoms with Crippen molar-refractivity contribution in [3.63, 3.8) is 0 Å². The Labute approximate surface area is 221 Å². The number of aromatic nitrogens is 2. The van der Waals surface area contributed by atoms with Crippen molar-refractivity contribution >= 4 is 46.1 Å². The Morgan fingerprint density at radius 3 is 2.61 bits per heavy atom. The lowest BCUT2D eigenvalue weighted by molar-refractivity contribution is -0.118. The summed E-state index contributed by atoms with van der Waals surface area (Å²) in [5.74, 6) is -0.00858. The van der Waals surface area contributed by atoms with E-state index >= 15 is 0 Å². The molecule has 1 fully saturated rings. The van der Waals surface area contributed by atoms with E-state index in [1.54, 1.807) is 12.4 Å². The van der Waals surface area contributed by atoms with Gasteiger partial charge in [0.15, 0.2) is 0 Å². The van der Waals surface area contributed by atoms with Crippen LogP contribution >= 0.6 is 22.9 Å². The molecule has 3 N–H and O–H groups in total. The molecule has 0 unspecified atom stereocenters. The van der Waals surface area contributed by atoms with E-state index in [9.17, 15) is 9.59 Å². The number of pyridine rings is 2. The molecule has 7 nitrogen and oxygen atoms in total. The van der Waals surface area contributed by atoms with Crippen LogP contribution in [0.15, 0.2) is 42.7 Å². The summed E-state index contributed by atoms with van der Waals surface area (Å²) in [6, 6.07) is 8.62. The van der Waals surface area contributed by atoms with E-state index < -0.39 is 6.04 Å². The smallest absolute Gasteiger partial charge is 0.262 e. The minimum absolute atomic E-state index is 0.0397. The molecule has 1 saturated carbocycles. The van der Waals surface area contributed by atoms with Crippen LogP contribution in [0.4, 0.5) is 11.4 Å². The summed E-state index contributed by atoms with van der Waals surface area (Å²) in [4.78, 5) is 36.4. The van der Waals surface area contributed by atoms with Gasteiger partial charge in [-0.2, -0.15) is 0 Å². The van der Waals surface area contributed by atoms with Crippen LogP contribution in [0.2, 0.25) is 5.02 Å². The number of nitrogens with one attached hydrogen (secondary N) is 3. The van der Waals surface area contributed by atoms with Crippen molar-refractivity contribution in [3.8, 4) is 0 Å². The molecule has 1 aliphatic rings. The zero-order valence-corrected chi connectivity index (χ0v) is 22.4. The van der Waals surface area contributed by atoms with E-state index in [1.807, 2.05) is 51.1 Å². The monoisotopic (exact) mass is 525 g/mol.